The van der Waals surface area contributed by atoms with Crippen molar-refractivity contribution in [2.24, 2.45) is 5.92 Å². The van der Waals surface area contributed by atoms with Crippen LogP contribution in [-0.4, -0.2) is 25.2 Å². The van der Waals surface area contributed by atoms with Crippen molar-refractivity contribution in [3.05, 3.63) is 41.2 Å². The number of thiophene rings is 1. The van der Waals surface area contributed by atoms with Gasteiger partial charge in [-0.15, -0.1) is 17.9 Å². The van der Waals surface area contributed by atoms with Crippen molar-refractivity contribution in [2.45, 2.75) is 61.8 Å². The third-order valence-electron chi connectivity index (χ3n) is 4.44. The van der Waals surface area contributed by atoms with Gasteiger partial charge in [-0.2, -0.15) is 0 Å². The standard InChI is InChI=1S/C18H28BrNO3S2/c1-5-7-11-18(21,12-10-15(4)19)17(14(3)6-2)20-25(22,23)16-9-8-13-24-16/h5,8-9,13-14,17,20-21H,1,4,6-7,10-12H2,2-3H3/t14-,17-,18?/m0/s1. The fourth-order valence-corrected chi connectivity index (χ4v) is 5.40. The Morgan fingerprint density at radius 2 is 2.20 bits per heavy atom. The predicted octanol–water partition coefficient (Wildman–Crippen LogP) is 4.83. The lowest BCUT2D eigenvalue weighted by Gasteiger charge is -2.40. The second kappa shape index (κ2) is 10.0. The molecular formula is C18H28BrNO3S2. The predicted molar refractivity (Wildman–Crippen MR) is 110 cm³/mol. The van der Waals surface area contributed by atoms with Crippen molar-refractivity contribution in [3.63, 3.8) is 0 Å². The van der Waals surface area contributed by atoms with Gasteiger partial charge < -0.3 is 5.11 Å². The highest BCUT2D eigenvalue weighted by atomic mass is 79.9. The fourth-order valence-electron chi connectivity index (χ4n) is 2.77. The van der Waals surface area contributed by atoms with Gasteiger partial charge in [-0.3, -0.25) is 0 Å². The van der Waals surface area contributed by atoms with Crippen LogP contribution in [0.2, 0.25) is 0 Å². The van der Waals surface area contributed by atoms with Crippen LogP contribution < -0.4 is 4.72 Å². The summed E-state index contributed by atoms with van der Waals surface area (Å²) in [4.78, 5) is 0. The molecule has 0 radical (unpaired) electrons. The Balaban J connectivity index is 3.18. The zero-order valence-electron chi connectivity index (χ0n) is 14.9. The van der Waals surface area contributed by atoms with Gasteiger partial charge in [0.1, 0.15) is 4.21 Å². The molecule has 0 saturated carbocycles. The number of nitrogens with one attached hydrogen (secondary N) is 1. The molecule has 1 rings (SSSR count). The summed E-state index contributed by atoms with van der Waals surface area (Å²) in [6, 6.07) is 2.69. The quantitative estimate of drug-likeness (QED) is 0.449. The molecule has 0 spiro atoms. The van der Waals surface area contributed by atoms with E-state index in [1.165, 1.54) is 11.3 Å². The van der Waals surface area contributed by atoms with Crippen molar-refractivity contribution in [2.75, 3.05) is 0 Å². The van der Waals surface area contributed by atoms with Gasteiger partial charge >= 0.3 is 0 Å². The molecule has 0 aromatic carbocycles. The van der Waals surface area contributed by atoms with Crippen LogP contribution in [-0.2, 0) is 10.0 Å². The first-order valence-corrected chi connectivity index (χ1v) is 11.5. The molecule has 0 aliphatic rings. The Kier molecular flexibility index (Phi) is 9.04. The topological polar surface area (TPSA) is 66.4 Å². The summed E-state index contributed by atoms with van der Waals surface area (Å²) < 4.78 is 29.3. The van der Waals surface area contributed by atoms with E-state index in [-0.39, 0.29) is 10.1 Å². The molecule has 1 aromatic heterocycles. The SMILES string of the molecule is C=CCCC(O)(CCC(=C)Br)[C@@H](NS(=O)(=O)c1cccs1)[C@@H](C)CC. The first kappa shape index (κ1) is 22.6. The zero-order chi connectivity index (χ0) is 19.1. The Hall–Kier alpha value is -0.470. The second-order valence-corrected chi connectivity index (χ2v) is 10.4. The highest BCUT2D eigenvalue weighted by molar-refractivity contribution is 9.11. The summed E-state index contributed by atoms with van der Waals surface area (Å²) in [5.41, 5.74) is -1.18. The maximum Gasteiger partial charge on any atom is 0.250 e. The molecule has 2 N–H and O–H groups in total. The summed E-state index contributed by atoms with van der Waals surface area (Å²) in [5.74, 6) is -0.0202. The molecule has 3 atom stereocenters. The molecule has 4 nitrogen and oxygen atoms in total. The Morgan fingerprint density at radius 1 is 1.52 bits per heavy atom. The van der Waals surface area contributed by atoms with Crippen molar-refractivity contribution in [3.8, 4) is 0 Å². The lowest BCUT2D eigenvalue weighted by atomic mass is 9.78. The molecule has 0 aliphatic carbocycles. The van der Waals surface area contributed by atoms with Crippen molar-refractivity contribution in [1.29, 1.82) is 0 Å². The third-order valence-corrected chi connectivity index (χ3v) is 7.68. The minimum absolute atomic E-state index is 0.0202. The van der Waals surface area contributed by atoms with Crippen molar-refractivity contribution < 1.29 is 13.5 Å². The molecule has 0 saturated heterocycles. The van der Waals surface area contributed by atoms with E-state index in [1.807, 2.05) is 13.8 Å². The van der Waals surface area contributed by atoms with Crippen LogP contribution in [0.15, 0.2) is 45.4 Å². The van der Waals surface area contributed by atoms with E-state index in [2.05, 4.69) is 33.8 Å². The normalized spacial score (nSPS) is 16.8. The number of halogens is 1. The van der Waals surface area contributed by atoms with Crippen LogP contribution in [0.3, 0.4) is 0 Å². The lowest BCUT2D eigenvalue weighted by molar-refractivity contribution is -0.0227. The van der Waals surface area contributed by atoms with Crippen LogP contribution in [0.1, 0.15) is 46.0 Å². The van der Waals surface area contributed by atoms with Crippen LogP contribution in [0, 0.1) is 5.92 Å². The number of sulfonamides is 1. The first-order valence-electron chi connectivity index (χ1n) is 8.38. The van der Waals surface area contributed by atoms with Gasteiger partial charge in [-0.25, -0.2) is 13.1 Å². The largest absolute Gasteiger partial charge is 0.388 e. The zero-order valence-corrected chi connectivity index (χ0v) is 18.1. The maximum atomic E-state index is 12.7. The summed E-state index contributed by atoms with van der Waals surface area (Å²) >= 11 is 4.50. The summed E-state index contributed by atoms with van der Waals surface area (Å²) in [7, 11) is -3.67. The number of allylic oxidation sites excluding steroid dienone is 2. The van der Waals surface area contributed by atoms with Gasteiger partial charge in [0.15, 0.2) is 0 Å². The summed E-state index contributed by atoms with van der Waals surface area (Å²) in [6.07, 6.45) is 4.55. The second-order valence-electron chi connectivity index (χ2n) is 6.36. The summed E-state index contributed by atoms with van der Waals surface area (Å²) in [5, 5.41) is 13.1. The van der Waals surface area contributed by atoms with Crippen LogP contribution >= 0.6 is 27.3 Å². The molecule has 1 aromatic rings. The fraction of sp³-hybridized carbons (Fsp3) is 0.556. The minimum Gasteiger partial charge on any atom is -0.388 e. The van der Waals surface area contributed by atoms with E-state index in [0.29, 0.717) is 25.7 Å². The molecule has 7 heteroatoms. The monoisotopic (exact) mass is 449 g/mol. The highest BCUT2D eigenvalue weighted by Crippen LogP contribution is 2.33. The van der Waals surface area contributed by atoms with E-state index in [9.17, 15) is 13.5 Å². The number of hydrogen-bond donors (Lipinski definition) is 2. The van der Waals surface area contributed by atoms with E-state index in [0.717, 1.165) is 10.9 Å². The molecule has 0 amide bonds. The molecule has 142 valence electrons. The van der Waals surface area contributed by atoms with E-state index < -0.39 is 21.7 Å². The van der Waals surface area contributed by atoms with Gasteiger partial charge in [0.2, 0.25) is 10.0 Å². The first-order chi connectivity index (χ1) is 11.7. The smallest absolute Gasteiger partial charge is 0.250 e. The Labute approximate surface area is 164 Å². The van der Waals surface area contributed by atoms with Crippen LogP contribution in [0.25, 0.3) is 0 Å². The average Bonchev–Trinajstić information content (AvgIpc) is 3.11. The molecule has 0 bridgehead atoms. The number of rotatable bonds is 12. The highest BCUT2D eigenvalue weighted by Gasteiger charge is 2.41. The van der Waals surface area contributed by atoms with Gasteiger partial charge in [0.25, 0.3) is 0 Å². The van der Waals surface area contributed by atoms with Gasteiger partial charge in [0, 0.05) is 0 Å². The van der Waals surface area contributed by atoms with E-state index in [1.54, 1.807) is 23.6 Å². The van der Waals surface area contributed by atoms with Gasteiger partial charge in [-0.1, -0.05) is 54.9 Å². The minimum atomic E-state index is -3.67. The van der Waals surface area contributed by atoms with Crippen LogP contribution in [0.4, 0.5) is 0 Å². The molecule has 0 fully saturated rings. The van der Waals surface area contributed by atoms with Gasteiger partial charge in [-0.05, 0) is 47.5 Å². The number of hydrogen-bond acceptors (Lipinski definition) is 4. The van der Waals surface area contributed by atoms with Crippen molar-refractivity contribution in [1.82, 2.24) is 4.72 Å². The van der Waals surface area contributed by atoms with Crippen molar-refractivity contribution >= 4 is 37.3 Å². The third kappa shape index (κ3) is 6.64. The van der Waals surface area contributed by atoms with E-state index in [4.69, 9.17) is 0 Å². The molecule has 1 unspecified atom stereocenters. The maximum absolute atomic E-state index is 12.7. The Morgan fingerprint density at radius 3 is 2.68 bits per heavy atom. The summed E-state index contributed by atoms with van der Waals surface area (Å²) in [6.45, 7) is 11.5. The molecule has 1 heterocycles. The number of aliphatic hydroxyl groups is 1. The molecule has 25 heavy (non-hydrogen) atoms. The Bertz CT molecular complexity index is 658. The van der Waals surface area contributed by atoms with Crippen LogP contribution in [0.5, 0.6) is 0 Å². The average molecular weight is 450 g/mol. The van der Waals surface area contributed by atoms with E-state index >= 15 is 0 Å². The molecule has 0 aliphatic heterocycles. The lowest BCUT2D eigenvalue weighted by Crippen LogP contribution is -2.55. The molecular weight excluding hydrogens is 422 g/mol. The van der Waals surface area contributed by atoms with Gasteiger partial charge in [0.05, 0.1) is 11.6 Å².